The number of aryl methyl sites for hydroxylation is 1. The molecule has 1 unspecified atom stereocenters. The fourth-order valence-electron chi connectivity index (χ4n) is 1.20. The molecule has 1 rings (SSSR count). The van der Waals surface area contributed by atoms with Gasteiger partial charge in [0.05, 0.1) is 0 Å². The van der Waals surface area contributed by atoms with Crippen LogP contribution in [0, 0.1) is 6.92 Å². The van der Waals surface area contributed by atoms with Gasteiger partial charge in [-0.05, 0) is 31.0 Å². The molecule has 1 aromatic carbocycles. The number of rotatable bonds is 4. The third kappa shape index (κ3) is 3.61. The summed E-state index contributed by atoms with van der Waals surface area (Å²) < 4.78 is 0.944. The van der Waals surface area contributed by atoms with E-state index >= 15 is 0 Å². The van der Waals surface area contributed by atoms with Crippen LogP contribution in [0.4, 0.5) is 0 Å². The van der Waals surface area contributed by atoms with Crippen molar-refractivity contribution in [1.29, 1.82) is 0 Å². The van der Waals surface area contributed by atoms with Crippen molar-refractivity contribution in [1.82, 2.24) is 5.32 Å². The molecule has 0 heterocycles. The maximum absolute atomic E-state index is 11.7. The van der Waals surface area contributed by atoms with Crippen LogP contribution >= 0.6 is 15.9 Å². The number of benzene rings is 1. The van der Waals surface area contributed by atoms with Gasteiger partial charge in [0.1, 0.15) is 0 Å². The minimum absolute atomic E-state index is 0.0258. The second-order valence-corrected chi connectivity index (χ2v) is 4.70. The molecule has 0 aliphatic rings. The minimum atomic E-state index is -0.0791. The number of nitrogens with two attached hydrogens (primary N) is 1. The minimum Gasteiger partial charge on any atom is -0.350 e. The average molecular weight is 285 g/mol. The molecule has 0 aliphatic carbocycles. The highest BCUT2D eigenvalue weighted by Gasteiger charge is 2.08. The largest absolute Gasteiger partial charge is 0.350 e. The monoisotopic (exact) mass is 284 g/mol. The Balaban J connectivity index is 2.63. The molecule has 0 saturated heterocycles. The van der Waals surface area contributed by atoms with Crippen molar-refractivity contribution in [2.24, 2.45) is 5.73 Å². The van der Waals surface area contributed by atoms with Crippen LogP contribution in [0.3, 0.4) is 0 Å². The van der Waals surface area contributed by atoms with Crippen LogP contribution in [0.15, 0.2) is 22.7 Å². The molecule has 1 atom stereocenters. The Kier molecular flexibility index (Phi) is 4.96. The van der Waals surface area contributed by atoms with Crippen LogP contribution < -0.4 is 11.1 Å². The third-order valence-corrected chi connectivity index (χ3v) is 3.34. The van der Waals surface area contributed by atoms with Gasteiger partial charge >= 0.3 is 0 Å². The van der Waals surface area contributed by atoms with Crippen molar-refractivity contribution in [3.8, 4) is 0 Å². The average Bonchev–Trinajstić information content (AvgIpc) is 2.29. The van der Waals surface area contributed by atoms with E-state index in [4.69, 9.17) is 5.73 Å². The zero-order valence-electron chi connectivity index (χ0n) is 9.59. The summed E-state index contributed by atoms with van der Waals surface area (Å²) in [6, 6.07) is 5.58. The summed E-state index contributed by atoms with van der Waals surface area (Å²) in [5, 5.41) is 2.81. The number of nitrogens with one attached hydrogen (secondary N) is 1. The van der Waals surface area contributed by atoms with Crippen LogP contribution in [-0.4, -0.2) is 18.5 Å². The fourth-order valence-corrected chi connectivity index (χ4v) is 1.58. The molecular formula is C12H17BrN2O. The van der Waals surface area contributed by atoms with Gasteiger partial charge in [-0.2, -0.15) is 0 Å². The number of hydrogen-bond acceptors (Lipinski definition) is 2. The van der Waals surface area contributed by atoms with Gasteiger partial charge in [-0.15, -0.1) is 0 Å². The van der Waals surface area contributed by atoms with Crippen molar-refractivity contribution in [3.05, 3.63) is 33.8 Å². The van der Waals surface area contributed by atoms with Crippen molar-refractivity contribution in [2.45, 2.75) is 26.3 Å². The summed E-state index contributed by atoms with van der Waals surface area (Å²) in [5.74, 6) is -0.0791. The maximum Gasteiger partial charge on any atom is 0.251 e. The van der Waals surface area contributed by atoms with Gasteiger partial charge in [0.15, 0.2) is 0 Å². The SMILES string of the molecule is CCC(N)CNC(=O)c1ccc(C)c(Br)c1. The highest BCUT2D eigenvalue weighted by atomic mass is 79.9. The van der Waals surface area contributed by atoms with E-state index in [0.717, 1.165) is 16.5 Å². The summed E-state index contributed by atoms with van der Waals surface area (Å²) in [7, 11) is 0. The number of carbonyl (C=O) groups excluding carboxylic acids is 1. The highest BCUT2D eigenvalue weighted by molar-refractivity contribution is 9.10. The summed E-state index contributed by atoms with van der Waals surface area (Å²) >= 11 is 3.40. The third-order valence-electron chi connectivity index (χ3n) is 2.48. The molecule has 0 radical (unpaired) electrons. The summed E-state index contributed by atoms with van der Waals surface area (Å²) in [6.45, 7) is 4.50. The van der Waals surface area contributed by atoms with Gasteiger partial charge in [0.2, 0.25) is 0 Å². The number of carbonyl (C=O) groups is 1. The quantitative estimate of drug-likeness (QED) is 0.891. The summed E-state index contributed by atoms with van der Waals surface area (Å²) in [4.78, 5) is 11.7. The summed E-state index contributed by atoms with van der Waals surface area (Å²) in [5.41, 5.74) is 7.50. The molecule has 16 heavy (non-hydrogen) atoms. The Morgan fingerprint density at radius 2 is 2.25 bits per heavy atom. The van der Waals surface area contributed by atoms with Gasteiger partial charge in [-0.3, -0.25) is 4.79 Å². The predicted octanol–water partition coefficient (Wildman–Crippen LogP) is 2.22. The number of halogens is 1. The van der Waals surface area contributed by atoms with Crippen LogP contribution in [0.25, 0.3) is 0 Å². The standard InChI is InChI=1S/C12H17BrN2O/c1-3-10(14)7-15-12(16)9-5-4-8(2)11(13)6-9/h4-6,10H,3,7,14H2,1-2H3,(H,15,16). The molecule has 0 fully saturated rings. The smallest absolute Gasteiger partial charge is 0.251 e. The molecule has 1 amide bonds. The second kappa shape index (κ2) is 6.01. The van der Waals surface area contributed by atoms with E-state index in [1.54, 1.807) is 0 Å². The van der Waals surface area contributed by atoms with Crippen LogP contribution in [-0.2, 0) is 0 Å². The molecule has 1 aromatic rings. The van der Waals surface area contributed by atoms with Crippen molar-refractivity contribution >= 4 is 21.8 Å². The molecule has 4 heteroatoms. The second-order valence-electron chi connectivity index (χ2n) is 3.84. The normalized spacial score (nSPS) is 12.2. The molecule has 0 saturated carbocycles. The molecule has 3 N–H and O–H groups in total. The zero-order chi connectivity index (χ0) is 12.1. The van der Waals surface area contributed by atoms with E-state index in [2.05, 4.69) is 21.2 Å². The molecule has 0 bridgehead atoms. The van der Waals surface area contributed by atoms with E-state index in [-0.39, 0.29) is 11.9 Å². The molecule has 0 aliphatic heterocycles. The van der Waals surface area contributed by atoms with Crippen LogP contribution in [0.2, 0.25) is 0 Å². The van der Waals surface area contributed by atoms with Gasteiger partial charge in [0.25, 0.3) is 5.91 Å². The van der Waals surface area contributed by atoms with Gasteiger partial charge in [0, 0.05) is 22.6 Å². The molecule has 0 aromatic heterocycles. The molecule has 0 spiro atoms. The van der Waals surface area contributed by atoms with E-state index in [1.807, 2.05) is 32.0 Å². The molecular weight excluding hydrogens is 268 g/mol. The molecule has 88 valence electrons. The summed E-state index contributed by atoms with van der Waals surface area (Å²) in [6.07, 6.45) is 0.859. The predicted molar refractivity (Wildman–Crippen MR) is 69.5 cm³/mol. The van der Waals surface area contributed by atoms with Crippen molar-refractivity contribution in [2.75, 3.05) is 6.54 Å². The Hall–Kier alpha value is -0.870. The lowest BCUT2D eigenvalue weighted by Gasteiger charge is -2.10. The van der Waals surface area contributed by atoms with Crippen molar-refractivity contribution in [3.63, 3.8) is 0 Å². The highest BCUT2D eigenvalue weighted by Crippen LogP contribution is 2.17. The fraction of sp³-hybridized carbons (Fsp3) is 0.417. The van der Waals surface area contributed by atoms with Gasteiger partial charge in [-0.1, -0.05) is 28.9 Å². The van der Waals surface area contributed by atoms with Crippen LogP contribution in [0.5, 0.6) is 0 Å². The first-order chi connectivity index (χ1) is 7.54. The Labute approximate surface area is 105 Å². The van der Waals surface area contributed by atoms with E-state index < -0.39 is 0 Å². The van der Waals surface area contributed by atoms with Crippen LogP contribution in [0.1, 0.15) is 29.3 Å². The number of amides is 1. The first-order valence-corrected chi connectivity index (χ1v) is 6.13. The Morgan fingerprint density at radius 3 is 2.81 bits per heavy atom. The first-order valence-electron chi connectivity index (χ1n) is 5.34. The van der Waals surface area contributed by atoms with E-state index in [0.29, 0.717) is 12.1 Å². The van der Waals surface area contributed by atoms with E-state index in [1.165, 1.54) is 0 Å². The zero-order valence-corrected chi connectivity index (χ0v) is 11.2. The maximum atomic E-state index is 11.7. The lowest BCUT2D eigenvalue weighted by Crippen LogP contribution is -2.36. The van der Waals surface area contributed by atoms with Crippen molar-refractivity contribution < 1.29 is 4.79 Å². The topological polar surface area (TPSA) is 55.1 Å². The Bertz CT molecular complexity index is 379. The Morgan fingerprint density at radius 1 is 1.56 bits per heavy atom. The first kappa shape index (κ1) is 13.2. The van der Waals surface area contributed by atoms with Gasteiger partial charge < -0.3 is 11.1 Å². The lowest BCUT2D eigenvalue weighted by atomic mass is 10.1. The van der Waals surface area contributed by atoms with Gasteiger partial charge in [-0.25, -0.2) is 0 Å². The lowest BCUT2D eigenvalue weighted by molar-refractivity contribution is 0.0951. The van der Waals surface area contributed by atoms with E-state index in [9.17, 15) is 4.79 Å². The molecule has 3 nitrogen and oxygen atoms in total. The number of hydrogen-bond donors (Lipinski definition) is 2.